The molecule has 3 aromatic rings. The van der Waals surface area contributed by atoms with Gasteiger partial charge in [0, 0.05) is 37.6 Å². The number of nitrogens with zero attached hydrogens (tertiary/aromatic N) is 5. The molecule has 0 bridgehead atoms. The maximum absolute atomic E-state index is 12.5. The predicted molar refractivity (Wildman–Crippen MR) is 99.9 cm³/mol. The molecule has 4 rings (SSSR count). The van der Waals surface area contributed by atoms with Gasteiger partial charge in [-0.15, -0.1) is 0 Å². The van der Waals surface area contributed by atoms with Crippen LogP contribution in [0, 0.1) is 12.8 Å². The number of amides is 1. The van der Waals surface area contributed by atoms with E-state index >= 15 is 0 Å². The second kappa shape index (κ2) is 7.03. The van der Waals surface area contributed by atoms with Crippen LogP contribution in [0.1, 0.15) is 18.4 Å². The van der Waals surface area contributed by atoms with Gasteiger partial charge in [-0.1, -0.05) is 0 Å². The number of pyridine rings is 2. The van der Waals surface area contributed by atoms with Crippen molar-refractivity contribution in [2.24, 2.45) is 5.92 Å². The lowest BCUT2D eigenvalue weighted by atomic mass is 9.96. The Morgan fingerprint density at radius 2 is 1.88 bits per heavy atom. The molecule has 7 nitrogen and oxygen atoms in total. The van der Waals surface area contributed by atoms with Gasteiger partial charge in [0.05, 0.1) is 0 Å². The van der Waals surface area contributed by atoms with E-state index in [1.165, 1.54) is 0 Å². The molecule has 0 spiro atoms. The number of aryl methyl sites for hydroxylation is 1. The lowest BCUT2D eigenvalue weighted by molar-refractivity contribution is -0.120. The van der Waals surface area contributed by atoms with Crippen LogP contribution in [-0.4, -0.2) is 38.9 Å². The highest BCUT2D eigenvalue weighted by Crippen LogP contribution is 2.24. The first-order valence-electron chi connectivity index (χ1n) is 8.75. The van der Waals surface area contributed by atoms with Crippen molar-refractivity contribution < 1.29 is 4.79 Å². The van der Waals surface area contributed by atoms with Crippen LogP contribution in [0.3, 0.4) is 0 Å². The maximum Gasteiger partial charge on any atom is 0.228 e. The fraction of sp³-hybridized carbons (Fsp3) is 0.316. The number of aromatic nitrogens is 4. The molecule has 1 fully saturated rings. The molecule has 26 heavy (non-hydrogen) atoms. The lowest BCUT2D eigenvalue weighted by Gasteiger charge is -2.32. The van der Waals surface area contributed by atoms with Gasteiger partial charge in [0.1, 0.15) is 17.2 Å². The van der Waals surface area contributed by atoms with Gasteiger partial charge in [-0.2, -0.15) is 0 Å². The molecule has 4 heterocycles. The number of nitrogens with one attached hydrogen (secondary N) is 1. The van der Waals surface area contributed by atoms with E-state index in [0.29, 0.717) is 11.5 Å². The Balaban J connectivity index is 1.39. The van der Waals surface area contributed by atoms with Crippen LogP contribution in [0.4, 0.5) is 11.6 Å². The van der Waals surface area contributed by atoms with Gasteiger partial charge in [0.15, 0.2) is 5.65 Å². The minimum absolute atomic E-state index is 0.00573. The standard InChI is InChI=1S/C19H20N6O/c1-13-4-7-21-16(12-13)23-19(26)14-5-10-25(11-6-14)17-3-2-15-18(24-17)22-9-8-20-15/h2-4,7-9,12,14H,5-6,10-11H2,1H3,(H,21,23,26). The van der Waals surface area contributed by atoms with Gasteiger partial charge in [-0.05, 0) is 49.6 Å². The summed E-state index contributed by atoms with van der Waals surface area (Å²) in [4.78, 5) is 32.0. The molecule has 0 unspecified atom stereocenters. The molecule has 1 amide bonds. The highest BCUT2D eigenvalue weighted by molar-refractivity contribution is 5.91. The van der Waals surface area contributed by atoms with Crippen LogP contribution in [0.25, 0.3) is 11.2 Å². The third-order valence-corrected chi connectivity index (χ3v) is 4.67. The Morgan fingerprint density at radius 3 is 2.69 bits per heavy atom. The second-order valence-electron chi connectivity index (χ2n) is 6.54. The number of rotatable bonds is 3. The number of hydrogen-bond donors (Lipinski definition) is 1. The first-order valence-corrected chi connectivity index (χ1v) is 8.75. The van der Waals surface area contributed by atoms with Crippen molar-refractivity contribution in [3.05, 3.63) is 48.4 Å². The average Bonchev–Trinajstić information content (AvgIpc) is 2.68. The zero-order valence-corrected chi connectivity index (χ0v) is 14.6. The molecule has 0 atom stereocenters. The molecule has 1 aliphatic heterocycles. The second-order valence-corrected chi connectivity index (χ2v) is 6.54. The third kappa shape index (κ3) is 3.46. The van der Waals surface area contributed by atoms with Crippen LogP contribution in [0.15, 0.2) is 42.9 Å². The Morgan fingerprint density at radius 1 is 1.08 bits per heavy atom. The maximum atomic E-state index is 12.5. The minimum Gasteiger partial charge on any atom is -0.356 e. The van der Waals surface area contributed by atoms with Crippen LogP contribution < -0.4 is 10.2 Å². The molecule has 0 aliphatic carbocycles. The molecule has 0 aromatic carbocycles. The zero-order chi connectivity index (χ0) is 17.9. The van der Waals surface area contributed by atoms with E-state index in [1.807, 2.05) is 31.2 Å². The Labute approximate surface area is 151 Å². The van der Waals surface area contributed by atoms with Crippen molar-refractivity contribution in [1.82, 2.24) is 19.9 Å². The molecular weight excluding hydrogens is 328 g/mol. The van der Waals surface area contributed by atoms with E-state index in [-0.39, 0.29) is 11.8 Å². The van der Waals surface area contributed by atoms with Crippen molar-refractivity contribution in [3.8, 4) is 0 Å². The summed E-state index contributed by atoms with van der Waals surface area (Å²) >= 11 is 0. The number of carbonyl (C=O) groups is 1. The fourth-order valence-corrected chi connectivity index (χ4v) is 3.22. The molecule has 132 valence electrons. The first kappa shape index (κ1) is 16.4. The SMILES string of the molecule is Cc1ccnc(NC(=O)C2CCN(c3ccc4nccnc4n3)CC2)c1. The quantitative estimate of drug-likeness (QED) is 0.783. The fourth-order valence-electron chi connectivity index (χ4n) is 3.22. The van der Waals surface area contributed by atoms with E-state index in [9.17, 15) is 4.79 Å². The van der Waals surface area contributed by atoms with Crippen molar-refractivity contribution in [2.75, 3.05) is 23.3 Å². The van der Waals surface area contributed by atoms with E-state index in [0.717, 1.165) is 42.8 Å². The largest absolute Gasteiger partial charge is 0.356 e. The summed E-state index contributed by atoms with van der Waals surface area (Å²) in [5.74, 6) is 1.54. The minimum atomic E-state index is -0.00573. The summed E-state index contributed by atoms with van der Waals surface area (Å²) in [5.41, 5.74) is 2.52. The van der Waals surface area contributed by atoms with Crippen molar-refractivity contribution in [2.45, 2.75) is 19.8 Å². The van der Waals surface area contributed by atoms with Gasteiger partial charge in [-0.25, -0.2) is 15.0 Å². The van der Waals surface area contributed by atoms with E-state index in [2.05, 4.69) is 30.2 Å². The molecule has 0 saturated carbocycles. The number of fused-ring (bicyclic) bond motifs is 1. The van der Waals surface area contributed by atoms with Crippen LogP contribution in [0.2, 0.25) is 0 Å². The lowest BCUT2D eigenvalue weighted by Crippen LogP contribution is -2.38. The summed E-state index contributed by atoms with van der Waals surface area (Å²) in [7, 11) is 0. The molecule has 7 heteroatoms. The molecule has 1 saturated heterocycles. The van der Waals surface area contributed by atoms with Gasteiger partial charge >= 0.3 is 0 Å². The molecular formula is C19H20N6O. The predicted octanol–water partition coefficient (Wildman–Crippen LogP) is 2.58. The summed E-state index contributed by atoms with van der Waals surface area (Å²) in [6, 6.07) is 7.70. The van der Waals surface area contributed by atoms with Crippen molar-refractivity contribution in [1.29, 1.82) is 0 Å². The van der Waals surface area contributed by atoms with E-state index in [4.69, 9.17) is 0 Å². The first-order chi connectivity index (χ1) is 12.7. The van der Waals surface area contributed by atoms with Crippen molar-refractivity contribution in [3.63, 3.8) is 0 Å². The van der Waals surface area contributed by atoms with Gasteiger partial charge < -0.3 is 10.2 Å². The number of anilines is 2. The van der Waals surface area contributed by atoms with Crippen molar-refractivity contribution >= 4 is 28.7 Å². The zero-order valence-electron chi connectivity index (χ0n) is 14.6. The molecule has 3 aromatic heterocycles. The number of hydrogen-bond acceptors (Lipinski definition) is 6. The topological polar surface area (TPSA) is 83.9 Å². The average molecular weight is 348 g/mol. The smallest absolute Gasteiger partial charge is 0.228 e. The third-order valence-electron chi connectivity index (χ3n) is 4.67. The Bertz CT molecular complexity index is 936. The van der Waals surface area contributed by atoms with Crippen LogP contribution >= 0.6 is 0 Å². The van der Waals surface area contributed by atoms with Gasteiger partial charge in [0.25, 0.3) is 0 Å². The van der Waals surface area contributed by atoms with E-state index in [1.54, 1.807) is 18.6 Å². The summed E-state index contributed by atoms with van der Waals surface area (Å²) in [6.07, 6.45) is 6.60. The Kier molecular flexibility index (Phi) is 4.43. The highest BCUT2D eigenvalue weighted by atomic mass is 16.1. The normalized spacial score (nSPS) is 15.2. The number of piperidine rings is 1. The molecule has 1 aliphatic rings. The van der Waals surface area contributed by atoms with Gasteiger partial charge in [-0.3, -0.25) is 9.78 Å². The molecule has 0 radical (unpaired) electrons. The monoisotopic (exact) mass is 348 g/mol. The number of carbonyl (C=O) groups excluding carboxylic acids is 1. The van der Waals surface area contributed by atoms with Crippen LogP contribution in [0.5, 0.6) is 0 Å². The van der Waals surface area contributed by atoms with Crippen LogP contribution in [-0.2, 0) is 4.79 Å². The molecule has 1 N–H and O–H groups in total. The van der Waals surface area contributed by atoms with Gasteiger partial charge in [0.2, 0.25) is 5.91 Å². The summed E-state index contributed by atoms with van der Waals surface area (Å²) in [6.45, 7) is 3.56. The highest BCUT2D eigenvalue weighted by Gasteiger charge is 2.26. The summed E-state index contributed by atoms with van der Waals surface area (Å²) in [5, 5.41) is 2.93. The van der Waals surface area contributed by atoms with E-state index < -0.39 is 0 Å². The Hall–Kier alpha value is -3.09. The summed E-state index contributed by atoms with van der Waals surface area (Å²) < 4.78 is 0.